The molecule has 0 saturated carbocycles. The van der Waals surface area contributed by atoms with E-state index in [9.17, 15) is 30.3 Å². The van der Waals surface area contributed by atoms with Gasteiger partial charge < -0.3 is 40.3 Å². The minimum Gasteiger partial charge on any atom is -0.394 e. The average Bonchev–Trinajstić information content (AvgIpc) is 2.89. The van der Waals surface area contributed by atoms with Crippen molar-refractivity contribution in [3.05, 3.63) is 24.3 Å². The molecule has 0 aromatic carbocycles. The van der Waals surface area contributed by atoms with E-state index in [2.05, 4.69) is 24.4 Å². The fraction of sp³-hybridized carbons (Fsp3) is 0.821. The van der Waals surface area contributed by atoms with Crippen LogP contribution in [-0.4, -0.2) is 87.5 Å². The van der Waals surface area contributed by atoms with E-state index in [1.165, 1.54) is 38.5 Å². The molecule has 0 aliphatic carbocycles. The van der Waals surface area contributed by atoms with Crippen molar-refractivity contribution in [2.75, 3.05) is 13.2 Å². The molecule has 37 heavy (non-hydrogen) atoms. The molecule has 9 nitrogen and oxygen atoms in total. The van der Waals surface area contributed by atoms with Gasteiger partial charge in [-0.25, -0.2) is 0 Å². The van der Waals surface area contributed by atoms with Gasteiger partial charge in [0.05, 0.1) is 25.4 Å². The van der Waals surface area contributed by atoms with Gasteiger partial charge in [-0.05, 0) is 32.1 Å². The van der Waals surface area contributed by atoms with Crippen LogP contribution >= 0.6 is 0 Å². The highest BCUT2D eigenvalue weighted by molar-refractivity contribution is 5.76. The number of nitrogens with one attached hydrogen (secondary N) is 1. The maximum Gasteiger partial charge on any atom is 0.220 e. The Kier molecular flexibility index (Phi) is 18.8. The van der Waals surface area contributed by atoms with Crippen molar-refractivity contribution in [2.24, 2.45) is 0 Å². The zero-order valence-corrected chi connectivity index (χ0v) is 22.7. The summed E-state index contributed by atoms with van der Waals surface area (Å²) in [6.07, 6.45) is 12.0. The van der Waals surface area contributed by atoms with Crippen molar-refractivity contribution in [1.29, 1.82) is 0 Å². The van der Waals surface area contributed by atoms with Crippen LogP contribution in [0.2, 0.25) is 0 Å². The Bertz CT molecular complexity index is 642. The SMILES string of the molecule is CCCCCCCC/C=C/CC/C=C/C(O)C(COC1OC(CO)C(O)C(O)C1O)NC(=O)CCCC. The number of aliphatic hydroxyl groups is 5. The molecular weight excluding hydrogens is 478 g/mol. The third-order valence-corrected chi connectivity index (χ3v) is 6.53. The molecule has 1 aliphatic rings. The van der Waals surface area contributed by atoms with E-state index in [4.69, 9.17) is 9.47 Å². The fourth-order valence-corrected chi connectivity index (χ4v) is 4.09. The molecule has 0 radical (unpaired) electrons. The van der Waals surface area contributed by atoms with Crippen LogP contribution in [0.5, 0.6) is 0 Å². The van der Waals surface area contributed by atoms with E-state index in [1.807, 2.05) is 13.0 Å². The number of unbranched alkanes of at least 4 members (excludes halogenated alkanes) is 8. The summed E-state index contributed by atoms with van der Waals surface area (Å²) >= 11 is 0. The zero-order valence-electron chi connectivity index (χ0n) is 22.7. The number of hydrogen-bond donors (Lipinski definition) is 6. The lowest BCUT2D eigenvalue weighted by Gasteiger charge is -2.40. The summed E-state index contributed by atoms with van der Waals surface area (Å²) in [5.41, 5.74) is 0. The summed E-state index contributed by atoms with van der Waals surface area (Å²) in [5.74, 6) is -0.227. The molecule has 6 N–H and O–H groups in total. The third kappa shape index (κ3) is 13.9. The van der Waals surface area contributed by atoms with Crippen LogP contribution < -0.4 is 5.32 Å². The molecule has 216 valence electrons. The van der Waals surface area contributed by atoms with Gasteiger partial charge in [0.15, 0.2) is 6.29 Å². The Hall–Kier alpha value is -1.33. The van der Waals surface area contributed by atoms with Crippen LogP contribution in [0.1, 0.15) is 90.9 Å². The highest BCUT2D eigenvalue weighted by atomic mass is 16.7. The lowest BCUT2D eigenvalue weighted by molar-refractivity contribution is -0.302. The normalized spacial score (nSPS) is 26.1. The summed E-state index contributed by atoms with van der Waals surface area (Å²) in [5, 5.41) is 52.9. The fourth-order valence-electron chi connectivity index (χ4n) is 4.09. The summed E-state index contributed by atoms with van der Waals surface area (Å²) in [4.78, 5) is 12.3. The average molecular weight is 530 g/mol. The number of rotatable bonds is 20. The van der Waals surface area contributed by atoms with Crippen LogP contribution in [-0.2, 0) is 14.3 Å². The van der Waals surface area contributed by atoms with E-state index in [0.29, 0.717) is 12.8 Å². The van der Waals surface area contributed by atoms with Gasteiger partial charge in [0.1, 0.15) is 24.4 Å². The molecule has 1 aliphatic heterocycles. The molecule has 1 rings (SSSR count). The van der Waals surface area contributed by atoms with Gasteiger partial charge in [-0.2, -0.15) is 0 Å². The third-order valence-electron chi connectivity index (χ3n) is 6.53. The van der Waals surface area contributed by atoms with Crippen LogP contribution in [0.15, 0.2) is 24.3 Å². The summed E-state index contributed by atoms with van der Waals surface area (Å²) < 4.78 is 10.9. The van der Waals surface area contributed by atoms with Gasteiger partial charge in [0.2, 0.25) is 5.91 Å². The van der Waals surface area contributed by atoms with E-state index >= 15 is 0 Å². The Balaban J connectivity index is 2.54. The Morgan fingerprint density at radius 3 is 2.24 bits per heavy atom. The van der Waals surface area contributed by atoms with Crippen LogP contribution in [0, 0.1) is 0 Å². The first-order valence-corrected chi connectivity index (χ1v) is 14.1. The number of ether oxygens (including phenoxy) is 2. The number of carbonyl (C=O) groups is 1. The van der Waals surface area contributed by atoms with Crippen molar-refractivity contribution in [1.82, 2.24) is 5.32 Å². The van der Waals surface area contributed by atoms with Crippen LogP contribution in [0.4, 0.5) is 0 Å². The molecule has 1 fully saturated rings. The predicted molar refractivity (Wildman–Crippen MR) is 143 cm³/mol. The number of hydrogen-bond acceptors (Lipinski definition) is 8. The van der Waals surface area contributed by atoms with E-state index in [-0.39, 0.29) is 12.5 Å². The predicted octanol–water partition coefficient (Wildman–Crippen LogP) is 2.48. The zero-order chi connectivity index (χ0) is 27.5. The van der Waals surface area contributed by atoms with Gasteiger partial charge >= 0.3 is 0 Å². The van der Waals surface area contributed by atoms with Gasteiger partial charge in [-0.1, -0.05) is 76.7 Å². The minimum absolute atomic E-state index is 0.204. The van der Waals surface area contributed by atoms with E-state index < -0.39 is 49.5 Å². The Labute approximate surface area is 222 Å². The Morgan fingerprint density at radius 1 is 0.892 bits per heavy atom. The van der Waals surface area contributed by atoms with Gasteiger partial charge in [0, 0.05) is 6.42 Å². The highest BCUT2D eigenvalue weighted by Gasteiger charge is 2.44. The Morgan fingerprint density at radius 2 is 1.54 bits per heavy atom. The first-order chi connectivity index (χ1) is 17.8. The second kappa shape index (κ2) is 20.6. The first kappa shape index (κ1) is 33.7. The molecule has 1 amide bonds. The number of carbonyl (C=O) groups excluding carboxylic acids is 1. The first-order valence-electron chi connectivity index (χ1n) is 14.1. The highest BCUT2D eigenvalue weighted by Crippen LogP contribution is 2.22. The molecule has 1 heterocycles. The summed E-state index contributed by atoms with van der Waals surface area (Å²) in [6.45, 7) is 3.43. The number of allylic oxidation sites excluding steroid dienone is 3. The van der Waals surface area contributed by atoms with E-state index in [0.717, 1.165) is 25.7 Å². The lowest BCUT2D eigenvalue weighted by Crippen LogP contribution is -2.60. The molecule has 0 spiro atoms. The van der Waals surface area contributed by atoms with E-state index in [1.54, 1.807) is 6.08 Å². The maximum atomic E-state index is 12.3. The quantitative estimate of drug-likeness (QED) is 0.104. The molecule has 0 aromatic heterocycles. The van der Waals surface area contributed by atoms with Gasteiger partial charge in [-0.15, -0.1) is 0 Å². The topological polar surface area (TPSA) is 149 Å². The van der Waals surface area contributed by atoms with Gasteiger partial charge in [-0.3, -0.25) is 4.79 Å². The molecular formula is C28H51NO8. The lowest BCUT2D eigenvalue weighted by atomic mass is 9.99. The molecule has 0 bridgehead atoms. The monoisotopic (exact) mass is 529 g/mol. The van der Waals surface area contributed by atoms with Crippen molar-refractivity contribution in [2.45, 2.75) is 134 Å². The summed E-state index contributed by atoms with van der Waals surface area (Å²) in [7, 11) is 0. The van der Waals surface area contributed by atoms with Crippen molar-refractivity contribution in [3.63, 3.8) is 0 Å². The largest absolute Gasteiger partial charge is 0.394 e. The van der Waals surface area contributed by atoms with Crippen LogP contribution in [0.3, 0.4) is 0 Å². The molecule has 7 unspecified atom stereocenters. The van der Waals surface area contributed by atoms with Crippen molar-refractivity contribution in [3.8, 4) is 0 Å². The minimum atomic E-state index is -1.56. The molecule has 1 saturated heterocycles. The smallest absolute Gasteiger partial charge is 0.220 e. The summed E-state index contributed by atoms with van der Waals surface area (Å²) in [6, 6.07) is -0.809. The molecule has 9 heteroatoms. The second-order valence-corrected chi connectivity index (χ2v) is 9.83. The number of amides is 1. The second-order valence-electron chi connectivity index (χ2n) is 9.83. The molecule has 0 aromatic rings. The number of aliphatic hydroxyl groups excluding tert-OH is 5. The maximum absolute atomic E-state index is 12.3. The standard InChI is InChI=1S/C28H51NO8/c1-3-5-7-8-9-10-11-12-13-14-15-16-17-22(31)21(29-24(32)18-6-4-2)20-36-28-27(35)26(34)25(33)23(19-30)37-28/h12-13,16-17,21-23,25-28,30-31,33-35H,3-11,14-15,18-20H2,1-2H3,(H,29,32)/b13-12+,17-16+. The molecule has 7 atom stereocenters. The van der Waals surface area contributed by atoms with Crippen LogP contribution in [0.25, 0.3) is 0 Å². The van der Waals surface area contributed by atoms with Gasteiger partial charge in [0.25, 0.3) is 0 Å². The van der Waals surface area contributed by atoms with Crippen molar-refractivity contribution < 1.29 is 39.8 Å². The van der Waals surface area contributed by atoms with Crippen molar-refractivity contribution >= 4 is 5.91 Å².